The Morgan fingerprint density at radius 3 is 2.58 bits per heavy atom. The number of furan rings is 1. The lowest BCUT2D eigenvalue weighted by molar-refractivity contribution is 0.0563. The molecule has 1 aromatic heterocycles. The van der Waals surface area contributed by atoms with E-state index in [1.54, 1.807) is 19.9 Å². The second kappa shape index (κ2) is 5.75. The Morgan fingerprint density at radius 2 is 2.05 bits per heavy atom. The maximum Gasteiger partial charge on any atom is 0.373 e. The molecule has 0 radical (unpaired) electrons. The highest BCUT2D eigenvalue weighted by atomic mass is 32.2. The van der Waals surface area contributed by atoms with Crippen LogP contribution in [0.1, 0.15) is 30.2 Å². The van der Waals surface area contributed by atoms with Crippen LogP contribution in [-0.4, -0.2) is 39.0 Å². The van der Waals surface area contributed by atoms with Crippen molar-refractivity contribution >= 4 is 15.8 Å². The SMILES string of the molecule is COC(=O)c1ccc(CNCC(C)(C)S(C)(=O)=O)o1. The average Bonchev–Trinajstić information content (AvgIpc) is 2.75. The van der Waals surface area contributed by atoms with Gasteiger partial charge in [-0.15, -0.1) is 0 Å². The number of ether oxygens (including phenoxy) is 1. The fourth-order valence-corrected chi connectivity index (χ4v) is 1.67. The molecular formula is C12H19NO5S. The molecule has 1 heterocycles. The van der Waals surface area contributed by atoms with Crippen LogP contribution in [0.15, 0.2) is 16.5 Å². The number of methoxy groups -OCH3 is 1. The van der Waals surface area contributed by atoms with Crippen molar-refractivity contribution in [3.8, 4) is 0 Å². The van der Waals surface area contributed by atoms with Crippen LogP contribution >= 0.6 is 0 Å². The van der Waals surface area contributed by atoms with E-state index in [2.05, 4.69) is 10.1 Å². The van der Waals surface area contributed by atoms with Gasteiger partial charge < -0.3 is 14.5 Å². The van der Waals surface area contributed by atoms with Gasteiger partial charge in [-0.1, -0.05) is 0 Å². The summed E-state index contributed by atoms with van der Waals surface area (Å²) in [6.07, 6.45) is 1.21. The molecule has 19 heavy (non-hydrogen) atoms. The van der Waals surface area contributed by atoms with Gasteiger partial charge in [-0.05, 0) is 26.0 Å². The van der Waals surface area contributed by atoms with Crippen LogP contribution in [0.5, 0.6) is 0 Å². The van der Waals surface area contributed by atoms with Crippen molar-refractivity contribution in [2.75, 3.05) is 19.9 Å². The van der Waals surface area contributed by atoms with Gasteiger partial charge in [-0.2, -0.15) is 0 Å². The Balaban J connectivity index is 2.55. The molecule has 0 saturated heterocycles. The molecule has 6 nitrogen and oxygen atoms in total. The summed E-state index contributed by atoms with van der Waals surface area (Å²) in [4.78, 5) is 11.2. The summed E-state index contributed by atoms with van der Waals surface area (Å²) in [6.45, 7) is 3.94. The van der Waals surface area contributed by atoms with E-state index in [-0.39, 0.29) is 5.76 Å². The first-order chi connectivity index (χ1) is 8.67. The van der Waals surface area contributed by atoms with Gasteiger partial charge in [-0.25, -0.2) is 13.2 Å². The van der Waals surface area contributed by atoms with Crippen molar-refractivity contribution in [2.24, 2.45) is 0 Å². The third-order valence-electron chi connectivity index (χ3n) is 2.90. The summed E-state index contributed by atoms with van der Waals surface area (Å²) in [7, 11) is -1.86. The first-order valence-electron chi connectivity index (χ1n) is 5.75. The van der Waals surface area contributed by atoms with E-state index in [0.717, 1.165) is 0 Å². The molecule has 0 amide bonds. The fourth-order valence-electron chi connectivity index (χ4n) is 1.30. The van der Waals surface area contributed by atoms with E-state index in [0.29, 0.717) is 18.8 Å². The standard InChI is InChI=1S/C12H19NO5S/c1-12(2,19(4,15)16)8-13-7-9-5-6-10(18-9)11(14)17-3/h5-6,13H,7-8H2,1-4H3. The van der Waals surface area contributed by atoms with Gasteiger partial charge in [0.1, 0.15) is 5.76 Å². The lowest BCUT2D eigenvalue weighted by Gasteiger charge is -2.22. The predicted octanol–water partition coefficient (Wildman–Crippen LogP) is 0.979. The second-order valence-electron chi connectivity index (χ2n) is 4.89. The summed E-state index contributed by atoms with van der Waals surface area (Å²) < 4.78 is 31.9. The van der Waals surface area contributed by atoms with Crippen LogP contribution in [0.3, 0.4) is 0 Å². The third kappa shape index (κ3) is 4.07. The zero-order valence-corrected chi connectivity index (χ0v) is 12.3. The number of hydrogen-bond donors (Lipinski definition) is 1. The van der Waals surface area contributed by atoms with Gasteiger partial charge in [0.2, 0.25) is 5.76 Å². The molecule has 7 heteroatoms. The Morgan fingerprint density at radius 1 is 1.42 bits per heavy atom. The van der Waals surface area contributed by atoms with Gasteiger partial charge in [0, 0.05) is 12.8 Å². The van der Waals surface area contributed by atoms with Crippen LogP contribution in [0.4, 0.5) is 0 Å². The summed E-state index contributed by atoms with van der Waals surface area (Å²) in [5, 5.41) is 2.99. The van der Waals surface area contributed by atoms with Crippen LogP contribution < -0.4 is 5.32 Å². The van der Waals surface area contributed by atoms with Crippen molar-refractivity contribution in [3.05, 3.63) is 23.7 Å². The summed E-state index contributed by atoms with van der Waals surface area (Å²) in [5.41, 5.74) is 0. The predicted molar refractivity (Wildman–Crippen MR) is 70.7 cm³/mol. The number of sulfone groups is 1. The highest BCUT2D eigenvalue weighted by Crippen LogP contribution is 2.14. The highest BCUT2D eigenvalue weighted by molar-refractivity contribution is 7.92. The summed E-state index contributed by atoms with van der Waals surface area (Å²) in [5.74, 6) is 0.133. The zero-order valence-electron chi connectivity index (χ0n) is 11.5. The van der Waals surface area contributed by atoms with Crippen molar-refractivity contribution in [1.82, 2.24) is 5.32 Å². The van der Waals surface area contributed by atoms with Gasteiger partial charge in [0.15, 0.2) is 9.84 Å². The summed E-state index contributed by atoms with van der Waals surface area (Å²) in [6, 6.07) is 3.16. The maximum absolute atomic E-state index is 11.5. The molecule has 0 aromatic carbocycles. The topological polar surface area (TPSA) is 85.6 Å². The number of rotatable bonds is 6. The molecule has 0 atom stereocenters. The van der Waals surface area contributed by atoms with E-state index >= 15 is 0 Å². The monoisotopic (exact) mass is 289 g/mol. The Bertz CT molecular complexity index is 544. The lowest BCUT2D eigenvalue weighted by atomic mass is 10.2. The quantitative estimate of drug-likeness (QED) is 0.786. The van der Waals surface area contributed by atoms with Crippen molar-refractivity contribution in [3.63, 3.8) is 0 Å². The second-order valence-corrected chi connectivity index (χ2v) is 7.54. The average molecular weight is 289 g/mol. The molecular weight excluding hydrogens is 270 g/mol. The van der Waals surface area contributed by atoms with E-state index in [4.69, 9.17) is 4.42 Å². The van der Waals surface area contributed by atoms with Gasteiger partial charge in [0.25, 0.3) is 0 Å². The molecule has 0 aliphatic carbocycles. The molecule has 108 valence electrons. The molecule has 1 rings (SSSR count). The minimum atomic E-state index is -3.14. The number of esters is 1. The number of nitrogens with one attached hydrogen (secondary N) is 1. The number of hydrogen-bond acceptors (Lipinski definition) is 6. The van der Waals surface area contributed by atoms with E-state index in [9.17, 15) is 13.2 Å². The van der Waals surface area contributed by atoms with Crippen molar-refractivity contribution < 1.29 is 22.4 Å². The van der Waals surface area contributed by atoms with E-state index in [1.807, 2.05) is 0 Å². The molecule has 0 spiro atoms. The van der Waals surface area contributed by atoms with Crippen LogP contribution in [0.2, 0.25) is 0 Å². The molecule has 0 saturated carbocycles. The number of carbonyl (C=O) groups is 1. The van der Waals surface area contributed by atoms with Crippen LogP contribution in [-0.2, 0) is 21.1 Å². The number of carbonyl (C=O) groups excluding carboxylic acids is 1. The van der Waals surface area contributed by atoms with Crippen molar-refractivity contribution in [1.29, 1.82) is 0 Å². The first kappa shape index (κ1) is 15.7. The molecule has 0 aliphatic rings. The fraction of sp³-hybridized carbons (Fsp3) is 0.583. The molecule has 0 bridgehead atoms. The van der Waals surface area contributed by atoms with Crippen LogP contribution in [0, 0.1) is 0 Å². The lowest BCUT2D eigenvalue weighted by Crippen LogP contribution is -2.41. The Labute approximate surface area is 113 Å². The van der Waals surface area contributed by atoms with E-state index < -0.39 is 20.6 Å². The highest BCUT2D eigenvalue weighted by Gasteiger charge is 2.29. The first-order valence-corrected chi connectivity index (χ1v) is 7.64. The van der Waals surface area contributed by atoms with E-state index in [1.165, 1.54) is 19.4 Å². The largest absolute Gasteiger partial charge is 0.463 e. The Hall–Kier alpha value is -1.34. The zero-order chi connectivity index (χ0) is 14.7. The van der Waals surface area contributed by atoms with Gasteiger partial charge in [0.05, 0.1) is 18.4 Å². The Kier molecular flexibility index (Phi) is 4.75. The van der Waals surface area contributed by atoms with Gasteiger partial charge >= 0.3 is 5.97 Å². The molecule has 1 N–H and O–H groups in total. The normalized spacial score (nSPS) is 12.4. The van der Waals surface area contributed by atoms with Gasteiger partial charge in [-0.3, -0.25) is 0 Å². The maximum atomic E-state index is 11.5. The van der Waals surface area contributed by atoms with Crippen LogP contribution in [0.25, 0.3) is 0 Å². The minimum Gasteiger partial charge on any atom is -0.463 e. The molecule has 0 unspecified atom stereocenters. The minimum absolute atomic E-state index is 0.127. The molecule has 1 aromatic rings. The summed E-state index contributed by atoms with van der Waals surface area (Å²) >= 11 is 0. The third-order valence-corrected chi connectivity index (χ3v) is 5.05. The van der Waals surface area contributed by atoms with Crippen molar-refractivity contribution in [2.45, 2.75) is 25.1 Å². The molecule has 0 aliphatic heterocycles. The molecule has 0 fully saturated rings. The smallest absolute Gasteiger partial charge is 0.373 e.